The van der Waals surface area contributed by atoms with Gasteiger partial charge < -0.3 is 4.57 Å². The molecule has 62 valence electrons. The van der Waals surface area contributed by atoms with Crippen LogP contribution in [0.2, 0.25) is 0 Å². The van der Waals surface area contributed by atoms with E-state index in [1.54, 1.807) is 0 Å². The van der Waals surface area contributed by atoms with E-state index in [0.717, 1.165) is 0 Å². The monoisotopic (exact) mass is 159 g/mol. The van der Waals surface area contributed by atoms with Crippen LogP contribution >= 0.6 is 0 Å². The van der Waals surface area contributed by atoms with Crippen molar-refractivity contribution in [1.82, 2.24) is 4.57 Å². The zero-order chi connectivity index (χ0) is 7.82. The quantitative estimate of drug-likeness (QED) is 0.526. The second-order valence-electron chi connectivity index (χ2n) is 3.01. The van der Waals surface area contributed by atoms with E-state index in [-0.39, 0.29) is 0 Å². The lowest BCUT2D eigenvalue weighted by Gasteiger charge is -2.15. The molecule has 2 heteroatoms. The van der Waals surface area contributed by atoms with Gasteiger partial charge in [0.2, 0.25) is 0 Å². The lowest BCUT2D eigenvalue weighted by Crippen LogP contribution is -2.22. The number of nitrogens with zero attached hydrogens (tertiary/aromatic N) is 1. The second-order valence-corrected chi connectivity index (χ2v) is 4.28. The first-order valence-corrected chi connectivity index (χ1v) is 5.39. The highest BCUT2D eigenvalue weighted by atomic mass is 28.2. The molecule has 0 aliphatic carbocycles. The molecule has 0 amide bonds. The molecule has 0 saturated carbocycles. The van der Waals surface area contributed by atoms with Crippen molar-refractivity contribution in [2.75, 3.05) is 13.1 Å². The SMILES string of the molecule is CCCCN([SiH3])CCCC. The Morgan fingerprint density at radius 2 is 1.40 bits per heavy atom. The van der Waals surface area contributed by atoms with Crippen LogP contribution in [-0.2, 0) is 0 Å². The molecule has 0 aliphatic rings. The molecule has 0 bridgehead atoms. The first kappa shape index (κ1) is 10.2. The van der Waals surface area contributed by atoms with E-state index in [1.807, 2.05) is 0 Å². The van der Waals surface area contributed by atoms with E-state index in [1.165, 1.54) is 49.2 Å². The lowest BCUT2D eigenvalue weighted by atomic mass is 10.3. The average molecular weight is 159 g/mol. The van der Waals surface area contributed by atoms with Crippen LogP contribution < -0.4 is 0 Å². The molecular formula is C8H21NSi. The van der Waals surface area contributed by atoms with E-state index in [9.17, 15) is 0 Å². The summed E-state index contributed by atoms with van der Waals surface area (Å²) in [6.45, 7) is 7.19. The molecule has 0 N–H and O–H groups in total. The topological polar surface area (TPSA) is 3.24 Å². The van der Waals surface area contributed by atoms with Crippen molar-refractivity contribution in [3.8, 4) is 0 Å². The molecule has 0 aromatic rings. The maximum absolute atomic E-state index is 2.56. The Bertz CT molecular complexity index is 58.3. The fraction of sp³-hybridized carbons (Fsp3) is 1.00. The molecule has 0 heterocycles. The normalized spacial score (nSPS) is 11.1. The molecule has 0 unspecified atom stereocenters. The van der Waals surface area contributed by atoms with E-state index >= 15 is 0 Å². The van der Waals surface area contributed by atoms with Crippen LogP contribution in [0.25, 0.3) is 0 Å². The van der Waals surface area contributed by atoms with Crippen LogP contribution in [-0.4, -0.2) is 28.1 Å². The fourth-order valence-corrected chi connectivity index (χ4v) is 1.60. The minimum absolute atomic E-state index is 1.25. The molecule has 0 atom stereocenters. The summed E-state index contributed by atoms with van der Waals surface area (Å²) in [5, 5.41) is 0. The van der Waals surface area contributed by atoms with Gasteiger partial charge in [-0.1, -0.05) is 26.7 Å². The van der Waals surface area contributed by atoms with Crippen molar-refractivity contribution in [3.63, 3.8) is 0 Å². The molecule has 0 aromatic carbocycles. The molecule has 0 fully saturated rings. The van der Waals surface area contributed by atoms with Gasteiger partial charge in [0, 0.05) is 0 Å². The van der Waals surface area contributed by atoms with Crippen molar-refractivity contribution in [1.29, 1.82) is 0 Å². The third-order valence-electron chi connectivity index (χ3n) is 1.79. The molecule has 1 nitrogen and oxygen atoms in total. The van der Waals surface area contributed by atoms with Gasteiger partial charge in [-0.2, -0.15) is 0 Å². The molecule has 0 spiro atoms. The fourth-order valence-electron chi connectivity index (χ4n) is 0.968. The molecule has 0 aromatic heterocycles. The Balaban J connectivity index is 3.00. The van der Waals surface area contributed by atoms with Gasteiger partial charge >= 0.3 is 0 Å². The zero-order valence-corrected chi connectivity index (χ0v) is 9.69. The van der Waals surface area contributed by atoms with Crippen LogP contribution in [0.1, 0.15) is 39.5 Å². The molecule has 0 saturated heterocycles. The summed E-state index contributed by atoms with van der Waals surface area (Å²) in [5.74, 6) is 0. The summed E-state index contributed by atoms with van der Waals surface area (Å²) in [7, 11) is 1.25. The van der Waals surface area contributed by atoms with Crippen molar-refractivity contribution in [3.05, 3.63) is 0 Å². The second kappa shape index (κ2) is 7.29. The Morgan fingerprint density at radius 1 is 1.00 bits per heavy atom. The van der Waals surface area contributed by atoms with E-state index in [4.69, 9.17) is 0 Å². The predicted octanol–water partition coefficient (Wildman–Crippen LogP) is 1.17. The Hall–Kier alpha value is 0.177. The van der Waals surface area contributed by atoms with Gasteiger partial charge in [-0.25, -0.2) is 0 Å². The largest absolute Gasteiger partial charge is 0.332 e. The van der Waals surface area contributed by atoms with Gasteiger partial charge in [0.1, 0.15) is 0 Å². The van der Waals surface area contributed by atoms with E-state index in [2.05, 4.69) is 18.4 Å². The van der Waals surface area contributed by atoms with Crippen molar-refractivity contribution < 1.29 is 0 Å². The summed E-state index contributed by atoms with van der Waals surface area (Å²) in [6, 6.07) is 0. The highest BCUT2D eigenvalue weighted by Gasteiger charge is 1.93. The van der Waals surface area contributed by atoms with Gasteiger partial charge in [0.05, 0.1) is 10.4 Å². The van der Waals surface area contributed by atoms with Gasteiger partial charge in [-0.15, -0.1) is 0 Å². The minimum atomic E-state index is 1.25. The predicted molar refractivity (Wildman–Crippen MR) is 51.3 cm³/mol. The summed E-state index contributed by atoms with van der Waals surface area (Å²) in [4.78, 5) is 0. The molecule has 0 radical (unpaired) electrons. The van der Waals surface area contributed by atoms with Gasteiger partial charge in [0.25, 0.3) is 0 Å². The third kappa shape index (κ3) is 6.30. The number of hydrogen-bond acceptors (Lipinski definition) is 1. The summed E-state index contributed by atoms with van der Waals surface area (Å²) in [5.41, 5.74) is 0. The Labute approximate surface area is 68.3 Å². The van der Waals surface area contributed by atoms with Gasteiger partial charge in [0.15, 0.2) is 0 Å². The minimum Gasteiger partial charge on any atom is -0.332 e. The van der Waals surface area contributed by atoms with E-state index < -0.39 is 0 Å². The highest BCUT2D eigenvalue weighted by Crippen LogP contribution is 1.94. The number of hydrogen-bond donors (Lipinski definition) is 0. The van der Waals surface area contributed by atoms with Gasteiger partial charge in [-0.05, 0) is 25.9 Å². The van der Waals surface area contributed by atoms with Gasteiger partial charge in [-0.3, -0.25) is 0 Å². The summed E-state index contributed by atoms with van der Waals surface area (Å²) in [6.07, 6.45) is 5.44. The van der Waals surface area contributed by atoms with Crippen LogP contribution in [0.4, 0.5) is 0 Å². The smallest absolute Gasteiger partial charge is 0.0784 e. The van der Waals surface area contributed by atoms with Crippen LogP contribution in [0.5, 0.6) is 0 Å². The van der Waals surface area contributed by atoms with E-state index in [0.29, 0.717) is 0 Å². The van der Waals surface area contributed by atoms with Crippen molar-refractivity contribution in [2.24, 2.45) is 0 Å². The third-order valence-corrected chi connectivity index (χ3v) is 2.68. The van der Waals surface area contributed by atoms with Crippen LogP contribution in [0.15, 0.2) is 0 Å². The summed E-state index contributed by atoms with van der Waals surface area (Å²) < 4.78 is 2.56. The number of rotatable bonds is 6. The maximum atomic E-state index is 2.56. The molecule has 0 rings (SSSR count). The van der Waals surface area contributed by atoms with Crippen LogP contribution in [0.3, 0.4) is 0 Å². The first-order chi connectivity index (χ1) is 4.81. The zero-order valence-electron chi connectivity index (χ0n) is 7.69. The Kier molecular flexibility index (Phi) is 7.41. The standard InChI is InChI=1S/C8H21NSi/c1-3-5-7-9(10)8-6-4-2/h3-8H2,1-2,10H3. The van der Waals surface area contributed by atoms with Crippen molar-refractivity contribution in [2.45, 2.75) is 39.5 Å². The van der Waals surface area contributed by atoms with Crippen LogP contribution in [0, 0.1) is 0 Å². The maximum Gasteiger partial charge on any atom is 0.0784 e. The average Bonchev–Trinajstić information content (AvgIpc) is 1.97. The summed E-state index contributed by atoms with van der Waals surface area (Å²) >= 11 is 0. The molecule has 0 aliphatic heterocycles. The molecular weight excluding hydrogens is 138 g/mol. The number of unbranched alkanes of at least 4 members (excludes halogenated alkanes) is 2. The molecule has 10 heavy (non-hydrogen) atoms. The van der Waals surface area contributed by atoms with Crippen molar-refractivity contribution >= 4 is 10.4 Å². The highest BCUT2D eigenvalue weighted by molar-refractivity contribution is 6.04. The Morgan fingerprint density at radius 3 is 1.70 bits per heavy atom. The first-order valence-electron chi connectivity index (χ1n) is 4.49. The lowest BCUT2D eigenvalue weighted by molar-refractivity contribution is 0.429.